The second-order valence-corrected chi connectivity index (χ2v) is 5.08. The summed E-state index contributed by atoms with van der Waals surface area (Å²) in [4.78, 5) is 0.943. The Morgan fingerprint density at radius 3 is 2.65 bits per heavy atom. The smallest absolute Gasteiger partial charge is 0.101 e. The second-order valence-electron chi connectivity index (χ2n) is 3.32. The number of thiophene rings is 1. The Morgan fingerprint density at radius 2 is 2.06 bits per heavy atom. The fourth-order valence-corrected chi connectivity index (χ4v) is 2.36. The van der Waals surface area contributed by atoms with Crippen LogP contribution in [0.3, 0.4) is 0 Å². The molecule has 1 nitrogen and oxygen atoms in total. The van der Waals surface area contributed by atoms with E-state index in [0.29, 0.717) is 15.6 Å². The second kappa shape index (κ2) is 5.37. The van der Waals surface area contributed by atoms with Crippen molar-refractivity contribution in [1.29, 1.82) is 5.26 Å². The molecule has 1 heterocycles. The van der Waals surface area contributed by atoms with Crippen LogP contribution in [-0.2, 0) is 0 Å². The third kappa shape index (κ3) is 2.89. The van der Waals surface area contributed by atoms with Crippen molar-refractivity contribution in [3.05, 3.63) is 56.2 Å². The molecule has 2 aromatic rings. The summed E-state index contributed by atoms with van der Waals surface area (Å²) in [6, 6.07) is 11.3. The molecule has 0 bridgehead atoms. The van der Waals surface area contributed by atoms with Gasteiger partial charge in [0.2, 0.25) is 0 Å². The Balaban J connectivity index is 2.41. The van der Waals surface area contributed by atoms with Crippen molar-refractivity contribution in [2.24, 2.45) is 0 Å². The molecule has 4 heteroatoms. The molecule has 0 fully saturated rings. The van der Waals surface area contributed by atoms with Crippen molar-refractivity contribution < 1.29 is 0 Å². The standard InChI is InChI=1S/C13H7Cl2NS/c14-11-4-3-9(7-12(11)15)6-10(8-16)13-2-1-5-17-13/h1-7H/b10-6+. The van der Waals surface area contributed by atoms with Crippen LogP contribution in [0.2, 0.25) is 10.0 Å². The number of halogens is 2. The Labute approximate surface area is 114 Å². The fraction of sp³-hybridized carbons (Fsp3) is 0. The Morgan fingerprint density at radius 1 is 1.24 bits per heavy atom. The number of hydrogen-bond acceptors (Lipinski definition) is 2. The summed E-state index contributed by atoms with van der Waals surface area (Å²) in [5, 5.41) is 12.1. The predicted molar refractivity (Wildman–Crippen MR) is 74.3 cm³/mol. The van der Waals surface area contributed by atoms with Crippen LogP contribution < -0.4 is 0 Å². The SMILES string of the molecule is N#C/C(=C\c1ccc(Cl)c(Cl)c1)c1cccs1. The normalized spacial score (nSPS) is 11.2. The van der Waals surface area contributed by atoms with Crippen LogP contribution >= 0.6 is 34.5 Å². The van der Waals surface area contributed by atoms with Crippen LogP contribution in [0.1, 0.15) is 10.4 Å². The van der Waals surface area contributed by atoms with Gasteiger partial charge in [-0.25, -0.2) is 0 Å². The molecule has 2 rings (SSSR count). The first-order valence-electron chi connectivity index (χ1n) is 4.81. The molecule has 0 atom stereocenters. The molecule has 0 saturated heterocycles. The predicted octanol–water partition coefficient (Wildman–Crippen LogP) is 5.12. The van der Waals surface area contributed by atoms with Gasteiger partial charge in [0.1, 0.15) is 6.07 Å². The van der Waals surface area contributed by atoms with E-state index in [1.165, 1.54) is 11.3 Å². The molecule has 0 spiro atoms. The lowest BCUT2D eigenvalue weighted by Gasteiger charge is -1.99. The van der Waals surface area contributed by atoms with E-state index in [9.17, 15) is 0 Å². The summed E-state index contributed by atoms with van der Waals surface area (Å²) >= 11 is 13.3. The number of hydrogen-bond donors (Lipinski definition) is 0. The van der Waals surface area contributed by atoms with E-state index in [0.717, 1.165) is 10.4 Å². The molecule has 0 amide bonds. The number of nitrogens with zero attached hydrogens (tertiary/aromatic N) is 1. The van der Waals surface area contributed by atoms with Crippen LogP contribution in [0.15, 0.2) is 35.7 Å². The molecule has 0 aliphatic carbocycles. The third-order valence-corrected chi connectivity index (χ3v) is 3.80. The zero-order valence-electron chi connectivity index (χ0n) is 8.65. The number of nitriles is 1. The molecule has 0 radical (unpaired) electrons. The zero-order valence-corrected chi connectivity index (χ0v) is 11.0. The first-order chi connectivity index (χ1) is 8.20. The summed E-state index contributed by atoms with van der Waals surface area (Å²) in [6.45, 7) is 0. The quantitative estimate of drug-likeness (QED) is 0.700. The van der Waals surface area contributed by atoms with E-state index in [1.54, 1.807) is 18.2 Å². The van der Waals surface area contributed by atoms with Gasteiger partial charge in [-0.05, 0) is 35.2 Å². The summed E-state index contributed by atoms with van der Waals surface area (Å²) in [5.41, 5.74) is 1.49. The molecule has 0 aliphatic heterocycles. The Kier molecular flexibility index (Phi) is 3.86. The maximum absolute atomic E-state index is 9.11. The fourth-order valence-electron chi connectivity index (χ4n) is 1.36. The van der Waals surface area contributed by atoms with E-state index < -0.39 is 0 Å². The van der Waals surface area contributed by atoms with Gasteiger partial charge in [-0.2, -0.15) is 5.26 Å². The largest absolute Gasteiger partial charge is 0.192 e. The summed E-state index contributed by atoms with van der Waals surface area (Å²) < 4.78 is 0. The van der Waals surface area contributed by atoms with E-state index in [-0.39, 0.29) is 0 Å². The number of rotatable bonds is 2. The van der Waals surface area contributed by atoms with Gasteiger partial charge in [-0.3, -0.25) is 0 Å². The van der Waals surface area contributed by atoms with Gasteiger partial charge in [0, 0.05) is 4.88 Å². The molecule has 0 aliphatic rings. The molecule has 0 N–H and O–H groups in total. The van der Waals surface area contributed by atoms with Gasteiger partial charge in [0.05, 0.1) is 15.6 Å². The molecule has 17 heavy (non-hydrogen) atoms. The van der Waals surface area contributed by atoms with Crippen molar-refractivity contribution in [3.63, 3.8) is 0 Å². The highest BCUT2D eigenvalue weighted by Crippen LogP contribution is 2.26. The minimum absolute atomic E-state index is 0.490. The third-order valence-electron chi connectivity index (χ3n) is 2.16. The Bertz CT molecular complexity index is 594. The summed E-state index contributed by atoms with van der Waals surface area (Å²) in [6.07, 6.45) is 1.80. The van der Waals surface area contributed by atoms with E-state index >= 15 is 0 Å². The first kappa shape index (κ1) is 12.2. The lowest BCUT2D eigenvalue weighted by molar-refractivity contribution is 1.54. The maximum Gasteiger partial charge on any atom is 0.101 e. The van der Waals surface area contributed by atoms with Gasteiger partial charge >= 0.3 is 0 Å². The molecule has 84 valence electrons. The molecule has 1 aromatic heterocycles. The van der Waals surface area contributed by atoms with Crippen LogP contribution in [0.5, 0.6) is 0 Å². The average Bonchev–Trinajstić information content (AvgIpc) is 2.84. The van der Waals surface area contributed by atoms with E-state index in [4.69, 9.17) is 28.5 Å². The van der Waals surface area contributed by atoms with Crippen molar-refractivity contribution in [3.8, 4) is 6.07 Å². The lowest BCUT2D eigenvalue weighted by Crippen LogP contribution is -1.78. The Hall–Kier alpha value is -1.27. The first-order valence-corrected chi connectivity index (χ1v) is 6.45. The van der Waals surface area contributed by atoms with E-state index in [1.807, 2.05) is 23.6 Å². The molecule has 0 saturated carbocycles. The van der Waals surface area contributed by atoms with Crippen molar-refractivity contribution in [2.75, 3.05) is 0 Å². The van der Waals surface area contributed by atoms with Crippen LogP contribution in [0, 0.1) is 11.3 Å². The summed E-state index contributed by atoms with van der Waals surface area (Å²) in [7, 11) is 0. The summed E-state index contributed by atoms with van der Waals surface area (Å²) in [5.74, 6) is 0. The molecular weight excluding hydrogens is 273 g/mol. The topological polar surface area (TPSA) is 23.8 Å². The zero-order chi connectivity index (χ0) is 12.3. The van der Waals surface area contributed by atoms with Gasteiger partial charge in [-0.15, -0.1) is 11.3 Å². The van der Waals surface area contributed by atoms with Crippen LogP contribution in [0.4, 0.5) is 0 Å². The number of benzene rings is 1. The van der Waals surface area contributed by atoms with Gasteiger partial charge in [0.15, 0.2) is 0 Å². The monoisotopic (exact) mass is 279 g/mol. The minimum Gasteiger partial charge on any atom is -0.192 e. The van der Waals surface area contributed by atoms with Crippen LogP contribution in [-0.4, -0.2) is 0 Å². The highest BCUT2D eigenvalue weighted by atomic mass is 35.5. The van der Waals surface area contributed by atoms with Gasteiger partial charge in [-0.1, -0.05) is 35.3 Å². The van der Waals surface area contributed by atoms with Gasteiger partial charge in [0.25, 0.3) is 0 Å². The average molecular weight is 280 g/mol. The van der Waals surface area contributed by atoms with Crippen LogP contribution in [0.25, 0.3) is 11.6 Å². The van der Waals surface area contributed by atoms with E-state index in [2.05, 4.69) is 6.07 Å². The lowest BCUT2D eigenvalue weighted by atomic mass is 10.1. The van der Waals surface area contributed by atoms with Crippen molar-refractivity contribution >= 4 is 46.2 Å². The van der Waals surface area contributed by atoms with Gasteiger partial charge < -0.3 is 0 Å². The molecular formula is C13H7Cl2NS. The van der Waals surface area contributed by atoms with Crippen molar-refractivity contribution in [2.45, 2.75) is 0 Å². The molecule has 1 aromatic carbocycles. The maximum atomic E-state index is 9.11. The minimum atomic E-state index is 0.490. The van der Waals surface area contributed by atoms with Crippen molar-refractivity contribution in [1.82, 2.24) is 0 Å². The molecule has 0 unspecified atom stereocenters. The highest BCUT2D eigenvalue weighted by molar-refractivity contribution is 7.11. The highest BCUT2D eigenvalue weighted by Gasteiger charge is 2.03. The number of allylic oxidation sites excluding steroid dienone is 1.